The summed E-state index contributed by atoms with van der Waals surface area (Å²) in [6, 6.07) is 1.95. The van der Waals surface area contributed by atoms with Crippen molar-refractivity contribution in [2.24, 2.45) is 0 Å². The average Bonchev–Trinajstić information content (AvgIpc) is 2.34. The molecule has 0 aliphatic carbocycles. The lowest BCUT2D eigenvalue weighted by atomic mass is 9.99. The number of carbonyl (C=O) groups is 1. The number of nitro groups is 1. The van der Waals surface area contributed by atoms with E-state index in [0.29, 0.717) is 6.07 Å². The molecule has 1 rings (SSSR count). The predicted molar refractivity (Wildman–Crippen MR) is 57.9 cm³/mol. The molecule has 9 heteroatoms. The number of alkyl halides is 4. The molecule has 0 radical (unpaired) electrons. The number of carbonyl (C=O) groups excluding carboxylic acids is 1. The number of nitriles is 1. The van der Waals surface area contributed by atoms with Crippen LogP contribution in [0.2, 0.25) is 0 Å². The standard InChI is InChI=1S/C10H4ClF3N2O3/c11-3-9(17)6-1-5(10(12,13)14)2-8(16(18)19)7(6)4-15/h1-2H,3H2. The second kappa shape index (κ2) is 5.24. The maximum atomic E-state index is 12.6. The predicted octanol–water partition coefficient (Wildman–Crippen LogP) is 2.91. The first-order chi connectivity index (χ1) is 8.72. The molecule has 0 bridgehead atoms. The van der Waals surface area contributed by atoms with Gasteiger partial charge in [-0.3, -0.25) is 14.9 Å². The summed E-state index contributed by atoms with van der Waals surface area (Å²) in [7, 11) is 0. The molecule has 0 saturated heterocycles. The van der Waals surface area contributed by atoms with Crippen LogP contribution in [0.25, 0.3) is 0 Å². The summed E-state index contributed by atoms with van der Waals surface area (Å²) >= 11 is 5.20. The van der Waals surface area contributed by atoms with Crippen LogP contribution < -0.4 is 0 Å². The summed E-state index contributed by atoms with van der Waals surface area (Å²) < 4.78 is 37.7. The summed E-state index contributed by atoms with van der Waals surface area (Å²) in [5.41, 5.74) is -3.90. The fourth-order valence-corrected chi connectivity index (χ4v) is 1.49. The highest BCUT2D eigenvalue weighted by Crippen LogP contribution is 2.35. The molecule has 1 aromatic carbocycles. The van der Waals surface area contributed by atoms with Crippen LogP contribution in [0.15, 0.2) is 12.1 Å². The molecule has 1 aromatic rings. The minimum atomic E-state index is -4.87. The fraction of sp³-hybridized carbons (Fsp3) is 0.200. The van der Waals surface area contributed by atoms with Crippen molar-refractivity contribution in [2.45, 2.75) is 6.18 Å². The van der Waals surface area contributed by atoms with Gasteiger partial charge in [0.25, 0.3) is 5.69 Å². The number of halogens is 4. The molecule has 0 aliphatic rings. The van der Waals surface area contributed by atoms with Gasteiger partial charge in [-0.15, -0.1) is 11.6 Å². The lowest BCUT2D eigenvalue weighted by molar-refractivity contribution is -0.385. The van der Waals surface area contributed by atoms with E-state index in [1.165, 1.54) is 6.07 Å². The maximum absolute atomic E-state index is 12.6. The first kappa shape index (κ1) is 14.9. The molecule has 5 nitrogen and oxygen atoms in total. The normalized spacial score (nSPS) is 10.9. The zero-order chi connectivity index (χ0) is 14.8. The van der Waals surface area contributed by atoms with Gasteiger partial charge >= 0.3 is 6.18 Å². The summed E-state index contributed by atoms with van der Waals surface area (Å²) in [6.45, 7) is 0. The monoisotopic (exact) mass is 292 g/mol. The Kier molecular flexibility index (Phi) is 4.11. The van der Waals surface area contributed by atoms with E-state index < -0.39 is 45.1 Å². The van der Waals surface area contributed by atoms with Gasteiger partial charge in [-0.05, 0) is 6.07 Å². The molecule has 0 amide bonds. The van der Waals surface area contributed by atoms with E-state index >= 15 is 0 Å². The van der Waals surface area contributed by atoms with E-state index in [1.54, 1.807) is 0 Å². The molecule has 100 valence electrons. The number of rotatable bonds is 3. The summed E-state index contributed by atoms with van der Waals surface area (Å²) in [5.74, 6) is -1.68. The van der Waals surface area contributed by atoms with Gasteiger partial charge < -0.3 is 0 Å². The van der Waals surface area contributed by atoms with E-state index in [1.807, 2.05) is 0 Å². The van der Waals surface area contributed by atoms with Crippen molar-refractivity contribution in [1.82, 2.24) is 0 Å². The minimum absolute atomic E-state index is 0.212. The number of ketones is 1. The highest BCUT2D eigenvalue weighted by molar-refractivity contribution is 6.30. The minimum Gasteiger partial charge on any atom is -0.293 e. The zero-order valence-electron chi connectivity index (χ0n) is 8.99. The molecule has 0 heterocycles. The summed E-state index contributed by atoms with van der Waals surface area (Å²) in [4.78, 5) is 20.9. The van der Waals surface area contributed by atoms with Gasteiger partial charge in [0, 0.05) is 11.6 Å². The van der Waals surface area contributed by atoms with Crippen LogP contribution in [0.5, 0.6) is 0 Å². The van der Waals surface area contributed by atoms with Gasteiger partial charge in [-0.1, -0.05) is 0 Å². The Bertz CT molecular complexity index is 593. The topological polar surface area (TPSA) is 84.0 Å². The van der Waals surface area contributed by atoms with Crippen molar-refractivity contribution in [3.05, 3.63) is 38.9 Å². The number of nitro benzene ring substituents is 1. The van der Waals surface area contributed by atoms with Gasteiger partial charge in [0.15, 0.2) is 5.78 Å². The Morgan fingerprint density at radius 3 is 2.42 bits per heavy atom. The lowest BCUT2D eigenvalue weighted by Gasteiger charge is -2.09. The Balaban J connectivity index is 3.70. The Morgan fingerprint density at radius 1 is 1.47 bits per heavy atom. The molecule has 0 spiro atoms. The van der Waals surface area contributed by atoms with Crippen LogP contribution >= 0.6 is 11.6 Å². The van der Waals surface area contributed by atoms with Gasteiger partial charge in [-0.2, -0.15) is 18.4 Å². The van der Waals surface area contributed by atoms with Crippen molar-refractivity contribution in [3.63, 3.8) is 0 Å². The number of nitrogens with zero attached hydrogens (tertiary/aromatic N) is 2. The van der Waals surface area contributed by atoms with Crippen molar-refractivity contribution in [1.29, 1.82) is 5.26 Å². The molecule has 0 atom stereocenters. The quantitative estimate of drug-likeness (QED) is 0.371. The lowest BCUT2D eigenvalue weighted by Crippen LogP contribution is -2.12. The third-order valence-corrected chi connectivity index (χ3v) is 2.42. The van der Waals surface area contributed by atoms with Crippen LogP contribution in [0.1, 0.15) is 21.5 Å². The highest BCUT2D eigenvalue weighted by atomic mass is 35.5. The smallest absolute Gasteiger partial charge is 0.293 e. The first-order valence-corrected chi connectivity index (χ1v) is 5.14. The second-order valence-corrected chi connectivity index (χ2v) is 3.61. The van der Waals surface area contributed by atoms with Gasteiger partial charge in [0.1, 0.15) is 11.6 Å². The summed E-state index contributed by atoms with van der Waals surface area (Å²) in [5, 5.41) is 19.4. The van der Waals surface area contributed by atoms with Crippen LogP contribution in [0.4, 0.5) is 18.9 Å². The van der Waals surface area contributed by atoms with Crippen LogP contribution in [0.3, 0.4) is 0 Å². The molecule has 19 heavy (non-hydrogen) atoms. The number of Topliss-reactive ketones (excluding diaryl/α,β-unsaturated/α-hetero) is 1. The van der Waals surface area contributed by atoms with Crippen LogP contribution in [-0.4, -0.2) is 16.6 Å². The maximum Gasteiger partial charge on any atom is 0.416 e. The highest BCUT2D eigenvalue weighted by Gasteiger charge is 2.35. The largest absolute Gasteiger partial charge is 0.416 e. The molecule has 0 fully saturated rings. The van der Waals surface area contributed by atoms with Gasteiger partial charge in [0.05, 0.1) is 16.4 Å². The molecular weight excluding hydrogens is 289 g/mol. The fourth-order valence-electron chi connectivity index (χ4n) is 1.34. The van der Waals surface area contributed by atoms with E-state index in [-0.39, 0.29) is 6.07 Å². The van der Waals surface area contributed by atoms with E-state index in [2.05, 4.69) is 0 Å². The van der Waals surface area contributed by atoms with E-state index in [4.69, 9.17) is 16.9 Å². The average molecular weight is 293 g/mol. The van der Waals surface area contributed by atoms with Crippen molar-refractivity contribution in [3.8, 4) is 6.07 Å². The zero-order valence-corrected chi connectivity index (χ0v) is 9.75. The first-order valence-electron chi connectivity index (χ1n) is 4.61. The van der Waals surface area contributed by atoms with Gasteiger partial charge in [-0.25, -0.2) is 0 Å². The van der Waals surface area contributed by atoms with Gasteiger partial charge in [0.2, 0.25) is 0 Å². The summed E-state index contributed by atoms with van der Waals surface area (Å²) in [6.07, 6.45) is -4.87. The number of hydrogen-bond donors (Lipinski definition) is 0. The Hall–Kier alpha value is -2.14. The Morgan fingerprint density at radius 2 is 2.05 bits per heavy atom. The molecular formula is C10H4ClF3N2O3. The van der Waals surface area contributed by atoms with Crippen molar-refractivity contribution in [2.75, 3.05) is 5.88 Å². The van der Waals surface area contributed by atoms with E-state index in [0.717, 1.165) is 0 Å². The molecule has 0 saturated carbocycles. The third-order valence-electron chi connectivity index (χ3n) is 2.18. The van der Waals surface area contributed by atoms with Crippen LogP contribution in [-0.2, 0) is 6.18 Å². The second-order valence-electron chi connectivity index (χ2n) is 3.34. The molecule has 0 N–H and O–H groups in total. The molecule has 0 aliphatic heterocycles. The number of hydrogen-bond acceptors (Lipinski definition) is 4. The van der Waals surface area contributed by atoms with E-state index in [9.17, 15) is 28.1 Å². The SMILES string of the molecule is N#Cc1c(C(=O)CCl)cc(C(F)(F)F)cc1[N+](=O)[O-]. The van der Waals surface area contributed by atoms with Crippen molar-refractivity contribution < 1.29 is 22.9 Å². The van der Waals surface area contributed by atoms with Crippen molar-refractivity contribution >= 4 is 23.1 Å². The number of benzene rings is 1. The molecule has 0 aromatic heterocycles. The molecule has 0 unspecified atom stereocenters. The Labute approximate surface area is 109 Å². The third kappa shape index (κ3) is 3.00. The van der Waals surface area contributed by atoms with Crippen LogP contribution in [0, 0.1) is 21.4 Å².